The summed E-state index contributed by atoms with van der Waals surface area (Å²) in [6.45, 7) is 7.57. The van der Waals surface area contributed by atoms with E-state index in [-0.39, 0.29) is 6.61 Å². The van der Waals surface area contributed by atoms with E-state index in [1.807, 2.05) is 18.2 Å². The lowest BCUT2D eigenvalue weighted by Crippen LogP contribution is -2.21. The van der Waals surface area contributed by atoms with Gasteiger partial charge in [-0.1, -0.05) is 38.1 Å². The van der Waals surface area contributed by atoms with Gasteiger partial charge in [0.25, 0.3) is 0 Å². The molecule has 1 N–H and O–H groups in total. The van der Waals surface area contributed by atoms with Crippen LogP contribution in [-0.2, 0) is 17.9 Å². The van der Waals surface area contributed by atoms with Crippen molar-refractivity contribution in [3.05, 3.63) is 77.4 Å². The molecule has 0 bridgehead atoms. The Kier molecular flexibility index (Phi) is 6.83. The Morgan fingerprint density at radius 3 is 2.21 bits per heavy atom. The molecule has 0 aromatic heterocycles. The first-order chi connectivity index (χ1) is 14.1. The summed E-state index contributed by atoms with van der Waals surface area (Å²) in [6.07, 6.45) is -0.524. The van der Waals surface area contributed by atoms with Crippen LogP contribution in [-0.4, -0.2) is 24.1 Å². The number of nitriles is 1. The van der Waals surface area contributed by atoms with Crippen LogP contribution < -0.4 is 5.32 Å². The van der Waals surface area contributed by atoms with E-state index in [4.69, 9.17) is 10.00 Å². The molecule has 5 nitrogen and oxygen atoms in total. The molecule has 3 aromatic carbocycles. The van der Waals surface area contributed by atoms with Crippen molar-refractivity contribution >= 4 is 22.6 Å². The lowest BCUT2D eigenvalue weighted by Gasteiger charge is -2.18. The molecule has 0 aliphatic carbocycles. The SMILES string of the molecule is CCN(CC)Cc1ccc2cc(COC(=O)Nc3ccc(C#N)cc3)ccc2c1. The highest BCUT2D eigenvalue weighted by molar-refractivity contribution is 5.85. The van der Waals surface area contributed by atoms with Crippen LogP contribution >= 0.6 is 0 Å². The topological polar surface area (TPSA) is 65.4 Å². The number of nitrogens with one attached hydrogen (secondary N) is 1. The average Bonchev–Trinajstić information content (AvgIpc) is 2.76. The molecule has 3 aromatic rings. The van der Waals surface area contributed by atoms with Crippen LogP contribution in [0.4, 0.5) is 10.5 Å². The zero-order valence-corrected chi connectivity index (χ0v) is 16.8. The zero-order valence-electron chi connectivity index (χ0n) is 16.8. The lowest BCUT2D eigenvalue weighted by atomic mass is 10.0. The predicted molar refractivity (Wildman–Crippen MR) is 116 cm³/mol. The van der Waals surface area contributed by atoms with E-state index in [1.54, 1.807) is 24.3 Å². The quantitative estimate of drug-likeness (QED) is 0.597. The van der Waals surface area contributed by atoms with Crippen molar-refractivity contribution in [1.82, 2.24) is 4.90 Å². The van der Waals surface area contributed by atoms with E-state index in [0.717, 1.165) is 30.6 Å². The van der Waals surface area contributed by atoms with E-state index >= 15 is 0 Å². The minimum Gasteiger partial charge on any atom is -0.444 e. The molecular weight excluding hydrogens is 362 g/mol. The van der Waals surface area contributed by atoms with Gasteiger partial charge in [-0.25, -0.2) is 4.79 Å². The Bertz CT molecular complexity index is 1020. The minimum absolute atomic E-state index is 0.194. The van der Waals surface area contributed by atoms with Crippen molar-refractivity contribution in [3.8, 4) is 6.07 Å². The molecule has 0 heterocycles. The molecule has 29 heavy (non-hydrogen) atoms. The molecule has 148 valence electrons. The summed E-state index contributed by atoms with van der Waals surface area (Å²) in [4.78, 5) is 14.4. The summed E-state index contributed by atoms with van der Waals surface area (Å²) in [5, 5.41) is 13.8. The standard InChI is InChI=1S/C24H25N3O2/c1-3-27(4-2)16-19-5-9-22-14-20(6-10-21(22)13-19)17-29-24(28)26-23-11-7-18(15-25)8-12-23/h5-14H,3-4,16-17H2,1-2H3,(H,26,28). The Balaban J connectivity index is 1.59. The molecule has 0 aliphatic heterocycles. The highest BCUT2D eigenvalue weighted by atomic mass is 16.5. The van der Waals surface area contributed by atoms with Gasteiger partial charge in [0.05, 0.1) is 11.6 Å². The summed E-state index contributed by atoms with van der Waals surface area (Å²) in [6, 6.07) is 21.3. The van der Waals surface area contributed by atoms with Gasteiger partial charge in [0, 0.05) is 12.2 Å². The summed E-state index contributed by atoms with van der Waals surface area (Å²) in [5.41, 5.74) is 3.37. The van der Waals surface area contributed by atoms with Crippen LogP contribution in [0.3, 0.4) is 0 Å². The number of amides is 1. The molecule has 1 amide bonds. The number of benzene rings is 3. The van der Waals surface area contributed by atoms with Gasteiger partial charge in [-0.2, -0.15) is 5.26 Å². The first kappa shape index (κ1) is 20.4. The molecule has 0 saturated heterocycles. The number of ether oxygens (including phenoxy) is 1. The molecule has 0 spiro atoms. The van der Waals surface area contributed by atoms with Crippen molar-refractivity contribution in [3.63, 3.8) is 0 Å². The minimum atomic E-state index is -0.524. The number of rotatable bonds is 7. The molecule has 0 saturated carbocycles. The summed E-state index contributed by atoms with van der Waals surface area (Å²) in [7, 11) is 0. The molecule has 3 rings (SSSR count). The highest BCUT2D eigenvalue weighted by Crippen LogP contribution is 2.20. The highest BCUT2D eigenvalue weighted by Gasteiger charge is 2.06. The second kappa shape index (κ2) is 9.72. The van der Waals surface area contributed by atoms with Gasteiger partial charge in [0.1, 0.15) is 6.61 Å². The Hall–Kier alpha value is -3.36. The molecule has 0 unspecified atom stereocenters. The van der Waals surface area contributed by atoms with Crippen LogP contribution in [0, 0.1) is 11.3 Å². The van der Waals surface area contributed by atoms with Crippen molar-refractivity contribution in [2.75, 3.05) is 18.4 Å². The maximum absolute atomic E-state index is 12.0. The van der Waals surface area contributed by atoms with E-state index in [9.17, 15) is 4.79 Å². The monoisotopic (exact) mass is 387 g/mol. The lowest BCUT2D eigenvalue weighted by molar-refractivity contribution is 0.155. The number of carbonyl (C=O) groups is 1. The summed E-state index contributed by atoms with van der Waals surface area (Å²) >= 11 is 0. The maximum atomic E-state index is 12.0. The summed E-state index contributed by atoms with van der Waals surface area (Å²) in [5.74, 6) is 0. The average molecular weight is 387 g/mol. The smallest absolute Gasteiger partial charge is 0.411 e. The van der Waals surface area contributed by atoms with Crippen molar-refractivity contribution in [2.24, 2.45) is 0 Å². The first-order valence-corrected chi connectivity index (χ1v) is 9.79. The van der Waals surface area contributed by atoms with Gasteiger partial charge in [-0.05, 0) is 71.4 Å². The first-order valence-electron chi connectivity index (χ1n) is 9.79. The van der Waals surface area contributed by atoms with Crippen LogP contribution in [0.1, 0.15) is 30.5 Å². The van der Waals surface area contributed by atoms with Gasteiger partial charge in [-0.15, -0.1) is 0 Å². The van der Waals surface area contributed by atoms with Gasteiger partial charge < -0.3 is 4.74 Å². The fourth-order valence-corrected chi connectivity index (χ4v) is 3.17. The third-order valence-corrected chi connectivity index (χ3v) is 4.90. The van der Waals surface area contributed by atoms with E-state index in [2.05, 4.69) is 48.3 Å². The van der Waals surface area contributed by atoms with Gasteiger partial charge in [-0.3, -0.25) is 10.2 Å². The van der Waals surface area contributed by atoms with Crippen LogP contribution in [0.25, 0.3) is 10.8 Å². The van der Waals surface area contributed by atoms with Crippen molar-refractivity contribution in [1.29, 1.82) is 5.26 Å². The summed E-state index contributed by atoms with van der Waals surface area (Å²) < 4.78 is 5.32. The molecule has 0 atom stereocenters. The second-order valence-corrected chi connectivity index (χ2v) is 6.87. The number of fused-ring (bicyclic) bond motifs is 1. The predicted octanol–water partition coefficient (Wildman–Crippen LogP) is 5.30. The number of hydrogen-bond acceptors (Lipinski definition) is 4. The molecule has 0 aliphatic rings. The Labute approximate surface area is 171 Å². The number of carbonyl (C=O) groups excluding carboxylic acids is 1. The van der Waals surface area contributed by atoms with E-state index in [0.29, 0.717) is 11.3 Å². The van der Waals surface area contributed by atoms with Crippen LogP contribution in [0.2, 0.25) is 0 Å². The number of anilines is 1. The fraction of sp³-hybridized carbons (Fsp3) is 0.250. The third kappa shape index (κ3) is 5.56. The van der Waals surface area contributed by atoms with Crippen LogP contribution in [0.5, 0.6) is 0 Å². The normalized spacial score (nSPS) is 10.7. The molecular formula is C24H25N3O2. The number of hydrogen-bond donors (Lipinski definition) is 1. The molecule has 0 fully saturated rings. The zero-order chi connectivity index (χ0) is 20.6. The maximum Gasteiger partial charge on any atom is 0.411 e. The van der Waals surface area contributed by atoms with Crippen molar-refractivity contribution < 1.29 is 9.53 Å². The fourth-order valence-electron chi connectivity index (χ4n) is 3.17. The van der Waals surface area contributed by atoms with Gasteiger partial charge in [0.2, 0.25) is 0 Å². The largest absolute Gasteiger partial charge is 0.444 e. The molecule has 5 heteroatoms. The second-order valence-electron chi connectivity index (χ2n) is 6.87. The van der Waals surface area contributed by atoms with E-state index < -0.39 is 6.09 Å². The van der Waals surface area contributed by atoms with Crippen LogP contribution in [0.15, 0.2) is 60.7 Å². The Morgan fingerprint density at radius 1 is 0.966 bits per heavy atom. The van der Waals surface area contributed by atoms with E-state index in [1.165, 1.54) is 10.9 Å². The Morgan fingerprint density at radius 2 is 1.59 bits per heavy atom. The van der Waals surface area contributed by atoms with Gasteiger partial charge >= 0.3 is 6.09 Å². The molecule has 0 radical (unpaired) electrons. The van der Waals surface area contributed by atoms with Gasteiger partial charge in [0.15, 0.2) is 0 Å². The third-order valence-electron chi connectivity index (χ3n) is 4.90. The number of nitrogens with zero attached hydrogens (tertiary/aromatic N) is 2. The van der Waals surface area contributed by atoms with Crippen molar-refractivity contribution in [2.45, 2.75) is 27.0 Å².